The molecular weight excluding hydrogens is 416 g/mol. The third-order valence-electron chi connectivity index (χ3n) is 4.84. The molecular formula is C19H25F2N5O3S. The van der Waals surface area contributed by atoms with E-state index in [-0.39, 0.29) is 30.1 Å². The summed E-state index contributed by atoms with van der Waals surface area (Å²) in [6.45, 7) is 2.91. The summed E-state index contributed by atoms with van der Waals surface area (Å²) in [5.41, 5.74) is 0.774. The van der Waals surface area contributed by atoms with Crippen molar-refractivity contribution in [2.75, 3.05) is 18.8 Å². The van der Waals surface area contributed by atoms with Gasteiger partial charge in [-0.25, -0.2) is 31.4 Å². The molecule has 11 heteroatoms. The number of nitrogens with one attached hydrogen (secondary N) is 2. The molecule has 1 aromatic carbocycles. The van der Waals surface area contributed by atoms with Gasteiger partial charge in [0, 0.05) is 43.5 Å². The zero-order chi connectivity index (χ0) is 21.7. The summed E-state index contributed by atoms with van der Waals surface area (Å²) >= 11 is 0. The van der Waals surface area contributed by atoms with Gasteiger partial charge in [-0.1, -0.05) is 6.92 Å². The normalized spacial score (nSPS) is 15.4. The Labute approximate surface area is 174 Å². The zero-order valence-electron chi connectivity index (χ0n) is 16.6. The van der Waals surface area contributed by atoms with Crippen molar-refractivity contribution in [3.8, 4) is 5.69 Å². The number of halogens is 2. The molecule has 2 aromatic rings. The highest BCUT2D eigenvalue weighted by Gasteiger charge is 2.25. The lowest BCUT2D eigenvalue weighted by Gasteiger charge is -2.32. The van der Waals surface area contributed by atoms with Gasteiger partial charge < -0.3 is 10.2 Å². The van der Waals surface area contributed by atoms with Crippen molar-refractivity contribution in [2.45, 2.75) is 38.8 Å². The number of hydrogen-bond donors (Lipinski definition) is 2. The molecule has 1 saturated heterocycles. The second-order valence-corrected chi connectivity index (χ2v) is 9.12. The van der Waals surface area contributed by atoms with E-state index >= 15 is 0 Å². The highest BCUT2D eigenvalue weighted by Crippen LogP contribution is 2.15. The summed E-state index contributed by atoms with van der Waals surface area (Å²) in [7, 11) is -3.27. The molecule has 0 atom stereocenters. The van der Waals surface area contributed by atoms with Crippen LogP contribution < -0.4 is 10.0 Å². The van der Waals surface area contributed by atoms with E-state index in [1.165, 1.54) is 16.9 Å². The summed E-state index contributed by atoms with van der Waals surface area (Å²) < 4.78 is 54.6. The van der Waals surface area contributed by atoms with Crippen LogP contribution in [-0.4, -0.2) is 54.0 Å². The number of aromatic nitrogens is 2. The fourth-order valence-corrected chi connectivity index (χ4v) is 4.72. The number of carbonyl (C=O) groups excluding carboxylic acids is 1. The summed E-state index contributed by atoms with van der Waals surface area (Å²) in [5.74, 6) is -1.30. The predicted molar refractivity (Wildman–Crippen MR) is 108 cm³/mol. The molecule has 2 N–H and O–H groups in total. The van der Waals surface area contributed by atoms with Gasteiger partial charge in [0.2, 0.25) is 10.0 Å². The van der Waals surface area contributed by atoms with Gasteiger partial charge >= 0.3 is 6.03 Å². The number of rotatable bonds is 7. The van der Waals surface area contributed by atoms with Crippen LogP contribution in [0.1, 0.15) is 31.7 Å². The van der Waals surface area contributed by atoms with E-state index in [9.17, 15) is 22.0 Å². The van der Waals surface area contributed by atoms with E-state index in [4.69, 9.17) is 0 Å². The van der Waals surface area contributed by atoms with E-state index in [1.54, 1.807) is 11.1 Å². The average Bonchev–Trinajstić information content (AvgIpc) is 3.15. The third-order valence-corrected chi connectivity index (χ3v) is 6.48. The van der Waals surface area contributed by atoms with Crippen molar-refractivity contribution in [1.82, 2.24) is 24.7 Å². The molecule has 1 aliphatic heterocycles. The molecule has 8 nitrogen and oxygen atoms in total. The topological polar surface area (TPSA) is 96.3 Å². The van der Waals surface area contributed by atoms with Crippen LogP contribution in [0.25, 0.3) is 5.69 Å². The molecule has 0 radical (unpaired) electrons. The monoisotopic (exact) mass is 441 g/mol. The molecule has 3 rings (SSSR count). The number of likely N-dealkylation sites (tertiary alicyclic amines) is 1. The second kappa shape index (κ2) is 9.52. The largest absolute Gasteiger partial charge is 0.334 e. The Morgan fingerprint density at radius 2 is 2.00 bits per heavy atom. The van der Waals surface area contributed by atoms with E-state index < -0.39 is 21.7 Å². The lowest BCUT2D eigenvalue weighted by Crippen LogP contribution is -2.49. The number of urea groups is 1. The lowest BCUT2D eigenvalue weighted by atomic mass is 10.1. The van der Waals surface area contributed by atoms with Crippen molar-refractivity contribution >= 4 is 16.1 Å². The summed E-state index contributed by atoms with van der Waals surface area (Å²) in [4.78, 5) is 14.0. The van der Waals surface area contributed by atoms with Crippen LogP contribution in [0.15, 0.2) is 30.6 Å². The number of benzene rings is 1. The Hall–Kier alpha value is -2.53. The number of hydrogen-bond acceptors (Lipinski definition) is 4. The molecule has 164 valence electrons. The second-order valence-electron chi connectivity index (χ2n) is 7.25. The van der Waals surface area contributed by atoms with Gasteiger partial charge in [0.25, 0.3) is 0 Å². The number of sulfonamides is 1. The van der Waals surface area contributed by atoms with Gasteiger partial charge in [-0.2, -0.15) is 5.10 Å². The predicted octanol–water partition coefficient (Wildman–Crippen LogP) is 2.15. The Kier molecular flexibility index (Phi) is 7.03. The van der Waals surface area contributed by atoms with Crippen molar-refractivity contribution in [1.29, 1.82) is 0 Å². The molecule has 30 heavy (non-hydrogen) atoms. The van der Waals surface area contributed by atoms with E-state index in [0.29, 0.717) is 37.9 Å². The maximum absolute atomic E-state index is 13.9. The summed E-state index contributed by atoms with van der Waals surface area (Å²) in [6.07, 6.45) is 4.72. The van der Waals surface area contributed by atoms with Crippen molar-refractivity contribution < 1.29 is 22.0 Å². The first kappa shape index (κ1) is 22.2. The van der Waals surface area contributed by atoms with Gasteiger partial charge in [0.05, 0.1) is 11.9 Å². The lowest BCUT2D eigenvalue weighted by molar-refractivity contribution is 0.179. The number of piperidine rings is 1. The summed E-state index contributed by atoms with van der Waals surface area (Å²) in [6, 6.07) is 2.80. The Balaban J connectivity index is 1.48. The van der Waals surface area contributed by atoms with Gasteiger partial charge in [-0.3, -0.25) is 0 Å². The van der Waals surface area contributed by atoms with Gasteiger partial charge in [0.15, 0.2) is 5.82 Å². The fraction of sp³-hybridized carbons (Fsp3) is 0.474. The highest BCUT2D eigenvalue weighted by atomic mass is 32.2. The molecule has 2 amide bonds. The Morgan fingerprint density at radius 3 is 2.67 bits per heavy atom. The molecule has 1 aliphatic rings. The van der Waals surface area contributed by atoms with Crippen LogP contribution in [0.3, 0.4) is 0 Å². The van der Waals surface area contributed by atoms with E-state index in [2.05, 4.69) is 15.1 Å². The smallest absolute Gasteiger partial charge is 0.317 e. The van der Waals surface area contributed by atoms with Crippen LogP contribution in [-0.2, 0) is 16.6 Å². The van der Waals surface area contributed by atoms with Crippen LogP contribution in [0, 0.1) is 11.6 Å². The molecule has 1 fully saturated rings. The van der Waals surface area contributed by atoms with Crippen LogP contribution in [0.4, 0.5) is 13.6 Å². The summed E-state index contributed by atoms with van der Waals surface area (Å²) in [5, 5.41) is 6.83. The van der Waals surface area contributed by atoms with Crippen LogP contribution in [0.2, 0.25) is 0 Å². The minimum absolute atomic E-state index is 0.100. The number of carbonyl (C=O) groups is 1. The molecule has 0 saturated carbocycles. The molecule has 2 heterocycles. The SMILES string of the molecule is CCCS(=O)(=O)NC1CCN(C(=O)NCc2cnn(-c3ccc(F)cc3F)c2)CC1. The average molecular weight is 442 g/mol. The third kappa shape index (κ3) is 5.76. The van der Waals surface area contributed by atoms with E-state index in [1.807, 2.05) is 6.92 Å². The quantitative estimate of drug-likeness (QED) is 0.688. The first-order valence-corrected chi connectivity index (χ1v) is 11.4. The number of nitrogens with zero attached hydrogens (tertiary/aromatic N) is 3. The van der Waals surface area contributed by atoms with Gasteiger partial charge in [-0.15, -0.1) is 0 Å². The zero-order valence-corrected chi connectivity index (χ0v) is 17.5. The molecule has 0 unspecified atom stereocenters. The standard InChI is InChI=1S/C19H25F2N5O3S/c1-2-9-30(28,29)24-16-5-7-25(8-6-16)19(27)22-11-14-12-23-26(13-14)18-4-3-15(20)10-17(18)21/h3-4,10,12-13,16,24H,2,5-9,11H2,1H3,(H,22,27). The minimum Gasteiger partial charge on any atom is -0.334 e. The molecule has 0 aliphatic carbocycles. The van der Waals surface area contributed by atoms with Crippen molar-refractivity contribution in [2.24, 2.45) is 0 Å². The van der Waals surface area contributed by atoms with Gasteiger partial charge in [0.1, 0.15) is 11.5 Å². The molecule has 1 aromatic heterocycles. The van der Waals surface area contributed by atoms with Crippen LogP contribution in [0.5, 0.6) is 0 Å². The maximum atomic E-state index is 13.9. The van der Waals surface area contributed by atoms with E-state index in [0.717, 1.165) is 12.1 Å². The first-order chi connectivity index (χ1) is 14.3. The van der Waals surface area contributed by atoms with Crippen molar-refractivity contribution in [3.05, 3.63) is 47.8 Å². The first-order valence-electron chi connectivity index (χ1n) is 9.79. The van der Waals surface area contributed by atoms with Crippen LogP contribution >= 0.6 is 0 Å². The maximum Gasteiger partial charge on any atom is 0.317 e. The molecule has 0 spiro atoms. The Bertz CT molecular complexity index is 988. The number of amides is 2. The van der Waals surface area contributed by atoms with Gasteiger partial charge in [-0.05, 0) is 31.4 Å². The highest BCUT2D eigenvalue weighted by molar-refractivity contribution is 7.89. The van der Waals surface area contributed by atoms with Crippen molar-refractivity contribution in [3.63, 3.8) is 0 Å². The minimum atomic E-state index is -3.27. The fourth-order valence-electron chi connectivity index (χ4n) is 3.32. The Morgan fingerprint density at radius 1 is 1.27 bits per heavy atom. The molecule has 0 bridgehead atoms.